The van der Waals surface area contributed by atoms with Crippen molar-refractivity contribution in [3.8, 4) is 5.75 Å². The maximum absolute atomic E-state index is 13.2. The van der Waals surface area contributed by atoms with Gasteiger partial charge in [-0.3, -0.25) is 4.79 Å². The fraction of sp³-hybridized carbons (Fsp3) is 0.708. The Kier molecular flexibility index (Phi) is 10.8. The van der Waals surface area contributed by atoms with Crippen LogP contribution in [-0.2, 0) is 16.0 Å². The Hall–Kier alpha value is -1.76. The highest BCUT2D eigenvalue weighted by Gasteiger charge is 2.47. The second-order valence-electron chi connectivity index (χ2n) is 9.24. The van der Waals surface area contributed by atoms with Gasteiger partial charge in [0.1, 0.15) is 16.9 Å². The molecule has 1 atom stereocenters. The lowest BCUT2D eigenvalue weighted by Gasteiger charge is -2.32. The lowest BCUT2D eigenvalue weighted by molar-refractivity contribution is -0.179. The van der Waals surface area contributed by atoms with Crippen molar-refractivity contribution in [2.45, 2.75) is 103 Å². The number of ether oxygens (including phenoxy) is 2. The summed E-state index contributed by atoms with van der Waals surface area (Å²) < 4.78 is 50.4. The van der Waals surface area contributed by atoms with Crippen molar-refractivity contribution in [1.29, 1.82) is 0 Å². The van der Waals surface area contributed by atoms with Crippen molar-refractivity contribution in [2.75, 3.05) is 6.61 Å². The first kappa shape index (κ1) is 27.3. The zero-order chi connectivity index (χ0) is 23.5. The number of benzene rings is 1. The lowest BCUT2D eigenvalue weighted by atomic mass is 9.88. The summed E-state index contributed by atoms with van der Waals surface area (Å²) in [7, 11) is 0. The zero-order valence-corrected chi connectivity index (χ0v) is 19.3. The van der Waals surface area contributed by atoms with Gasteiger partial charge in [-0.15, -0.1) is 0 Å². The Balaban J connectivity index is 2.71. The van der Waals surface area contributed by atoms with E-state index in [1.807, 2.05) is 0 Å². The summed E-state index contributed by atoms with van der Waals surface area (Å²) in [5, 5.41) is 0. The maximum atomic E-state index is 13.2. The van der Waals surface area contributed by atoms with Crippen molar-refractivity contribution in [3.05, 3.63) is 29.8 Å². The highest BCUT2D eigenvalue weighted by atomic mass is 19.4. The zero-order valence-electron chi connectivity index (χ0n) is 19.3. The number of alkyl halides is 3. The minimum atomic E-state index is -4.60. The third-order valence-corrected chi connectivity index (χ3v) is 4.76. The number of nitrogens with two attached hydrogens (primary N) is 1. The summed E-state index contributed by atoms with van der Waals surface area (Å²) in [6.45, 7) is 7.51. The molecule has 0 aromatic heterocycles. The van der Waals surface area contributed by atoms with Crippen molar-refractivity contribution in [1.82, 2.24) is 0 Å². The number of carbonyl (C=O) groups is 1. The van der Waals surface area contributed by atoms with Crippen molar-refractivity contribution in [2.24, 2.45) is 5.73 Å². The SMILES string of the molecule is CCCCCCCCCOc1cccc(C[C@](N)(CC(F)(F)F)C(=O)OC(C)(C)C)c1. The maximum Gasteiger partial charge on any atom is 0.391 e. The molecule has 1 aromatic carbocycles. The minimum Gasteiger partial charge on any atom is -0.494 e. The van der Waals surface area contributed by atoms with E-state index < -0.39 is 29.7 Å². The Labute approximate surface area is 184 Å². The third-order valence-electron chi connectivity index (χ3n) is 4.76. The second kappa shape index (κ2) is 12.3. The van der Waals surface area contributed by atoms with Crippen molar-refractivity contribution >= 4 is 5.97 Å². The van der Waals surface area contributed by atoms with E-state index in [0.29, 0.717) is 17.9 Å². The predicted molar refractivity (Wildman–Crippen MR) is 117 cm³/mol. The molecule has 0 aliphatic heterocycles. The molecule has 31 heavy (non-hydrogen) atoms. The smallest absolute Gasteiger partial charge is 0.391 e. The minimum absolute atomic E-state index is 0.296. The van der Waals surface area contributed by atoms with Crippen LogP contribution in [0.1, 0.15) is 84.6 Å². The molecule has 1 rings (SSSR count). The molecule has 0 aliphatic rings. The number of carbonyl (C=O) groups excluding carboxylic acids is 1. The monoisotopic (exact) mass is 445 g/mol. The lowest BCUT2D eigenvalue weighted by Crippen LogP contribution is -2.55. The second-order valence-corrected chi connectivity index (χ2v) is 9.24. The molecule has 0 heterocycles. The van der Waals surface area contributed by atoms with E-state index in [9.17, 15) is 18.0 Å². The van der Waals surface area contributed by atoms with E-state index in [-0.39, 0.29) is 6.42 Å². The van der Waals surface area contributed by atoms with Crippen LogP contribution in [-0.4, -0.2) is 29.9 Å². The number of esters is 1. The Morgan fingerprint density at radius 3 is 2.19 bits per heavy atom. The van der Waals surface area contributed by atoms with Crippen LogP contribution in [0.25, 0.3) is 0 Å². The summed E-state index contributed by atoms with van der Waals surface area (Å²) in [6, 6.07) is 6.73. The number of halogens is 3. The van der Waals surface area contributed by atoms with Crippen LogP contribution in [0.5, 0.6) is 5.75 Å². The van der Waals surface area contributed by atoms with Gasteiger partial charge in [-0.05, 0) is 44.9 Å². The normalized spacial score (nSPS) is 14.2. The number of rotatable bonds is 13. The van der Waals surface area contributed by atoms with E-state index in [1.54, 1.807) is 45.0 Å². The number of hydrogen-bond donors (Lipinski definition) is 1. The van der Waals surface area contributed by atoms with Crippen LogP contribution < -0.4 is 10.5 Å². The van der Waals surface area contributed by atoms with Crippen LogP contribution in [0.3, 0.4) is 0 Å². The Bertz CT molecular complexity index is 671. The summed E-state index contributed by atoms with van der Waals surface area (Å²) in [5.41, 5.74) is 3.32. The van der Waals surface area contributed by atoms with E-state index in [0.717, 1.165) is 12.8 Å². The molecule has 2 N–H and O–H groups in total. The van der Waals surface area contributed by atoms with Crippen molar-refractivity contribution < 1.29 is 27.4 Å². The van der Waals surface area contributed by atoms with Gasteiger partial charge in [0.2, 0.25) is 0 Å². The van der Waals surface area contributed by atoms with Crippen LogP contribution >= 0.6 is 0 Å². The van der Waals surface area contributed by atoms with Crippen LogP contribution in [0.15, 0.2) is 24.3 Å². The Morgan fingerprint density at radius 1 is 1.00 bits per heavy atom. The van der Waals surface area contributed by atoms with Gasteiger partial charge in [0, 0.05) is 6.42 Å². The van der Waals surface area contributed by atoms with E-state index in [1.165, 1.54) is 32.1 Å². The highest BCUT2D eigenvalue weighted by Crippen LogP contribution is 2.31. The van der Waals surface area contributed by atoms with Gasteiger partial charge in [0.25, 0.3) is 0 Å². The fourth-order valence-electron chi connectivity index (χ4n) is 3.30. The molecule has 0 spiro atoms. The average molecular weight is 446 g/mol. The number of unbranched alkanes of at least 4 members (excludes halogenated alkanes) is 6. The molecule has 0 fully saturated rings. The first-order valence-electron chi connectivity index (χ1n) is 11.2. The molecule has 0 saturated heterocycles. The van der Waals surface area contributed by atoms with E-state index in [4.69, 9.17) is 15.2 Å². The van der Waals surface area contributed by atoms with Gasteiger partial charge in [0.15, 0.2) is 0 Å². The highest BCUT2D eigenvalue weighted by molar-refractivity contribution is 5.81. The molecule has 0 aliphatic carbocycles. The van der Waals surface area contributed by atoms with E-state index >= 15 is 0 Å². The molecule has 4 nitrogen and oxygen atoms in total. The van der Waals surface area contributed by atoms with Gasteiger partial charge < -0.3 is 15.2 Å². The summed E-state index contributed by atoms with van der Waals surface area (Å²) in [6.07, 6.45) is 1.80. The molecular formula is C24H38F3NO3. The van der Waals surface area contributed by atoms with Gasteiger partial charge in [-0.2, -0.15) is 13.2 Å². The van der Waals surface area contributed by atoms with E-state index in [2.05, 4.69) is 6.92 Å². The van der Waals surface area contributed by atoms with Gasteiger partial charge >= 0.3 is 12.1 Å². The molecule has 0 radical (unpaired) electrons. The van der Waals surface area contributed by atoms with Crippen LogP contribution in [0.4, 0.5) is 13.2 Å². The van der Waals surface area contributed by atoms with Crippen molar-refractivity contribution in [3.63, 3.8) is 0 Å². The predicted octanol–water partition coefficient (Wildman–Crippen LogP) is 6.35. The fourth-order valence-corrected chi connectivity index (χ4v) is 3.30. The molecule has 0 unspecified atom stereocenters. The average Bonchev–Trinajstić information content (AvgIpc) is 2.61. The molecule has 7 heteroatoms. The molecule has 0 amide bonds. The number of hydrogen-bond acceptors (Lipinski definition) is 4. The van der Waals surface area contributed by atoms with Gasteiger partial charge in [-0.25, -0.2) is 0 Å². The molecular weight excluding hydrogens is 407 g/mol. The van der Waals surface area contributed by atoms with Gasteiger partial charge in [-0.1, -0.05) is 57.6 Å². The summed E-state index contributed by atoms with van der Waals surface area (Å²) >= 11 is 0. The summed E-state index contributed by atoms with van der Waals surface area (Å²) in [4.78, 5) is 12.5. The molecule has 178 valence electrons. The quantitative estimate of drug-likeness (QED) is 0.284. The largest absolute Gasteiger partial charge is 0.494 e. The third kappa shape index (κ3) is 12.0. The standard InChI is InChI=1S/C24H38F3NO3/c1-5-6-7-8-9-10-11-15-30-20-14-12-13-19(16-20)17-23(28,18-24(25,26)27)21(29)31-22(2,3)4/h12-14,16H,5-11,15,17-18,28H2,1-4H3/t23-/m0/s1. The van der Waals surface area contributed by atoms with Gasteiger partial charge in [0.05, 0.1) is 13.0 Å². The first-order chi connectivity index (χ1) is 14.3. The molecule has 0 bridgehead atoms. The van der Waals surface area contributed by atoms with Crippen LogP contribution in [0, 0.1) is 0 Å². The summed E-state index contributed by atoms with van der Waals surface area (Å²) in [5.74, 6) is -0.506. The molecule has 1 aromatic rings. The topological polar surface area (TPSA) is 61.5 Å². The van der Waals surface area contributed by atoms with Crippen LogP contribution in [0.2, 0.25) is 0 Å². The first-order valence-corrected chi connectivity index (χ1v) is 11.2. The molecule has 0 saturated carbocycles. The Morgan fingerprint density at radius 2 is 1.61 bits per heavy atom.